The van der Waals surface area contributed by atoms with E-state index in [1.54, 1.807) is 6.20 Å². The quantitative estimate of drug-likeness (QED) is 0.484. The summed E-state index contributed by atoms with van der Waals surface area (Å²) in [5.41, 5.74) is 4.46. The first-order valence-electron chi connectivity index (χ1n) is 10.4. The van der Waals surface area contributed by atoms with Gasteiger partial charge in [-0.3, -0.25) is 0 Å². The topological polar surface area (TPSA) is 53.1 Å². The summed E-state index contributed by atoms with van der Waals surface area (Å²) >= 11 is 3.54. The molecule has 2 aliphatic rings. The molecule has 1 saturated heterocycles. The highest BCUT2D eigenvalue weighted by molar-refractivity contribution is 9.10. The highest BCUT2D eigenvalue weighted by Crippen LogP contribution is 2.36. The lowest BCUT2D eigenvalue weighted by Crippen LogP contribution is -2.29. The van der Waals surface area contributed by atoms with Crippen molar-refractivity contribution in [3.63, 3.8) is 0 Å². The molecule has 1 saturated carbocycles. The maximum Gasteiger partial charge on any atom is 0.229 e. The summed E-state index contributed by atoms with van der Waals surface area (Å²) in [6.07, 6.45) is 10.3. The Morgan fingerprint density at radius 2 is 1.97 bits per heavy atom. The van der Waals surface area contributed by atoms with Crippen LogP contribution in [0.5, 0.6) is 0 Å². The van der Waals surface area contributed by atoms with Gasteiger partial charge in [0, 0.05) is 25.0 Å². The minimum atomic E-state index is 0.566. The van der Waals surface area contributed by atoms with Crippen molar-refractivity contribution in [1.82, 2.24) is 9.97 Å². The fourth-order valence-electron chi connectivity index (χ4n) is 3.74. The second-order valence-electron chi connectivity index (χ2n) is 7.89. The van der Waals surface area contributed by atoms with Crippen LogP contribution in [0.4, 0.5) is 23.1 Å². The first kappa shape index (κ1) is 20.0. The zero-order valence-corrected chi connectivity index (χ0v) is 18.5. The van der Waals surface area contributed by atoms with Crippen LogP contribution in [0.3, 0.4) is 0 Å². The lowest BCUT2D eigenvalue weighted by Gasteiger charge is -2.30. The number of rotatable bonds is 7. The number of allylic oxidation sites excluding steroid dienone is 2. The smallest absolute Gasteiger partial charge is 0.229 e. The van der Waals surface area contributed by atoms with Gasteiger partial charge in [0.05, 0.1) is 15.8 Å². The maximum absolute atomic E-state index is 4.67. The van der Waals surface area contributed by atoms with E-state index in [-0.39, 0.29) is 0 Å². The predicted molar refractivity (Wildman–Crippen MR) is 125 cm³/mol. The molecule has 29 heavy (non-hydrogen) atoms. The van der Waals surface area contributed by atoms with Crippen molar-refractivity contribution in [2.75, 3.05) is 28.6 Å². The first-order chi connectivity index (χ1) is 14.1. The Kier molecular flexibility index (Phi) is 6.19. The fraction of sp³-hybridized carbons (Fsp3) is 0.391. The van der Waals surface area contributed by atoms with Crippen LogP contribution in [-0.4, -0.2) is 23.1 Å². The number of benzene rings is 1. The Labute approximate surface area is 181 Å². The summed E-state index contributed by atoms with van der Waals surface area (Å²) in [5, 5.41) is 6.72. The summed E-state index contributed by atoms with van der Waals surface area (Å²) in [4.78, 5) is 11.6. The largest absolute Gasteiger partial charge is 0.370 e. The Bertz CT molecular complexity index is 913. The molecule has 2 N–H and O–H groups in total. The molecule has 1 aliphatic heterocycles. The van der Waals surface area contributed by atoms with Gasteiger partial charge in [-0.15, -0.1) is 0 Å². The first-order valence-corrected chi connectivity index (χ1v) is 11.2. The van der Waals surface area contributed by atoms with E-state index < -0.39 is 0 Å². The van der Waals surface area contributed by atoms with E-state index in [0.29, 0.717) is 11.8 Å². The van der Waals surface area contributed by atoms with Crippen molar-refractivity contribution in [3.8, 4) is 0 Å². The van der Waals surface area contributed by atoms with Crippen molar-refractivity contribution in [2.45, 2.75) is 39.0 Å². The van der Waals surface area contributed by atoms with Crippen LogP contribution in [0.25, 0.3) is 0 Å². The summed E-state index contributed by atoms with van der Waals surface area (Å²) in [5.74, 6) is 2.00. The summed E-state index contributed by atoms with van der Waals surface area (Å²) in [7, 11) is 0. The number of anilines is 4. The minimum Gasteiger partial charge on any atom is -0.370 e. The Morgan fingerprint density at radius 1 is 1.21 bits per heavy atom. The third kappa shape index (κ3) is 5.18. The van der Waals surface area contributed by atoms with Crippen LogP contribution in [0.2, 0.25) is 0 Å². The van der Waals surface area contributed by atoms with Gasteiger partial charge in [-0.05, 0) is 79.1 Å². The second kappa shape index (κ2) is 8.99. The average molecular weight is 454 g/mol. The van der Waals surface area contributed by atoms with Crippen LogP contribution >= 0.6 is 15.9 Å². The van der Waals surface area contributed by atoms with Gasteiger partial charge < -0.3 is 15.5 Å². The monoisotopic (exact) mass is 453 g/mol. The van der Waals surface area contributed by atoms with Crippen molar-refractivity contribution >= 4 is 39.1 Å². The van der Waals surface area contributed by atoms with Gasteiger partial charge in [0.1, 0.15) is 5.82 Å². The standard InChI is InChI=1S/C23H28BrN5/c1-16(18-10-11-18)14-17(2)26-22-19(24)15-25-23(28-22)27-20-8-4-5-9-21(20)29-12-6-3-7-13-29/h4-5,8-9,14-15,18H,2-3,6-7,10-13H2,1H3,(H2,25,26,27,28)/b16-14+. The molecule has 1 aliphatic carbocycles. The Hall–Kier alpha value is -2.34. The van der Waals surface area contributed by atoms with Crippen LogP contribution in [0, 0.1) is 5.92 Å². The molecule has 5 nitrogen and oxygen atoms in total. The van der Waals surface area contributed by atoms with Crippen LogP contribution in [0.1, 0.15) is 39.0 Å². The van der Waals surface area contributed by atoms with E-state index in [1.807, 2.05) is 6.07 Å². The fourth-order valence-corrected chi connectivity index (χ4v) is 4.04. The third-order valence-electron chi connectivity index (χ3n) is 5.49. The maximum atomic E-state index is 4.67. The molecule has 0 amide bonds. The lowest BCUT2D eigenvalue weighted by molar-refractivity contribution is 0.578. The summed E-state index contributed by atoms with van der Waals surface area (Å²) < 4.78 is 0.811. The molecule has 2 heterocycles. The van der Waals surface area contributed by atoms with Gasteiger partial charge in [0.25, 0.3) is 0 Å². The van der Waals surface area contributed by atoms with Gasteiger partial charge >= 0.3 is 0 Å². The minimum absolute atomic E-state index is 0.566. The van der Waals surface area contributed by atoms with Crippen molar-refractivity contribution in [3.05, 3.63) is 58.9 Å². The van der Waals surface area contributed by atoms with E-state index in [1.165, 1.54) is 43.4 Å². The van der Waals surface area contributed by atoms with Gasteiger partial charge in [-0.1, -0.05) is 24.3 Å². The molecule has 0 spiro atoms. The van der Waals surface area contributed by atoms with Crippen molar-refractivity contribution in [1.29, 1.82) is 0 Å². The average Bonchev–Trinajstić information content (AvgIpc) is 3.57. The third-order valence-corrected chi connectivity index (χ3v) is 6.07. The number of halogens is 1. The second-order valence-corrected chi connectivity index (χ2v) is 8.75. The molecule has 4 rings (SSSR count). The van der Waals surface area contributed by atoms with E-state index in [0.717, 1.165) is 34.9 Å². The van der Waals surface area contributed by atoms with E-state index >= 15 is 0 Å². The van der Waals surface area contributed by atoms with Crippen LogP contribution < -0.4 is 15.5 Å². The zero-order valence-electron chi connectivity index (χ0n) is 16.9. The number of hydrogen-bond donors (Lipinski definition) is 2. The van der Waals surface area contributed by atoms with Gasteiger partial charge in [-0.2, -0.15) is 4.98 Å². The normalized spacial score (nSPS) is 17.2. The predicted octanol–water partition coefficient (Wildman–Crippen LogP) is 6.25. The van der Waals surface area contributed by atoms with Gasteiger partial charge in [0.15, 0.2) is 0 Å². The summed E-state index contributed by atoms with van der Waals surface area (Å²) in [6.45, 7) is 8.50. The SMILES string of the molecule is C=C(/C=C(\C)C1CC1)Nc1nc(Nc2ccccc2N2CCCCC2)ncc1Br. The molecule has 0 unspecified atom stereocenters. The van der Waals surface area contributed by atoms with Crippen molar-refractivity contribution in [2.24, 2.45) is 5.92 Å². The molecular formula is C23H28BrN5. The number of nitrogens with zero attached hydrogens (tertiary/aromatic N) is 3. The van der Waals surface area contributed by atoms with E-state index in [9.17, 15) is 0 Å². The zero-order chi connectivity index (χ0) is 20.2. The number of para-hydroxylation sites is 2. The molecule has 6 heteroatoms. The van der Waals surface area contributed by atoms with E-state index in [4.69, 9.17) is 0 Å². The highest BCUT2D eigenvalue weighted by Gasteiger charge is 2.23. The number of aromatic nitrogens is 2. The number of nitrogens with one attached hydrogen (secondary N) is 2. The molecule has 1 aromatic carbocycles. The van der Waals surface area contributed by atoms with Crippen LogP contribution in [0.15, 0.2) is 58.9 Å². The molecular weight excluding hydrogens is 426 g/mol. The summed E-state index contributed by atoms with van der Waals surface area (Å²) in [6, 6.07) is 8.38. The molecule has 2 aromatic rings. The Balaban J connectivity index is 1.51. The molecule has 0 radical (unpaired) electrons. The lowest BCUT2D eigenvalue weighted by atomic mass is 10.1. The highest BCUT2D eigenvalue weighted by atomic mass is 79.9. The molecule has 1 aromatic heterocycles. The van der Waals surface area contributed by atoms with Crippen LogP contribution in [-0.2, 0) is 0 Å². The molecule has 0 atom stereocenters. The van der Waals surface area contributed by atoms with Gasteiger partial charge in [-0.25, -0.2) is 4.98 Å². The number of hydrogen-bond acceptors (Lipinski definition) is 5. The van der Waals surface area contributed by atoms with Gasteiger partial charge in [0.2, 0.25) is 5.95 Å². The molecule has 0 bridgehead atoms. The molecule has 152 valence electrons. The molecule has 2 fully saturated rings. The number of piperidine rings is 1. The van der Waals surface area contributed by atoms with Crippen molar-refractivity contribution < 1.29 is 0 Å². The Morgan fingerprint density at radius 3 is 2.72 bits per heavy atom. The van der Waals surface area contributed by atoms with E-state index in [2.05, 4.69) is 79.2 Å².